The van der Waals surface area contributed by atoms with Crippen LogP contribution in [0.25, 0.3) is 0 Å². The van der Waals surface area contributed by atoms with Gasteiger partial charge in [0.25, 0.3) is 5.91 Å². The number of benzene rings is 1. The predicted octanol–water partition coefficient (Wildman–Crippen LogP) is 2.74. The molecule has 0 aliphatic carbocycles. The van der Waals surface area contributed by atoms with Crippen LogP contribution in [0.4, 0.5) is 5.69 Å². The SMILES string of the molecule is CCCCCCOC(=O)CN1C(=O)COc2ccc(C(C)=O)cc21. The van der Waals surface area contributed by atoms with Crippen molar-refractivity contribution in [1.29, 1.82) is 0 Å². The third-order valence-electron chi connectivity index (χ3n) is 3.86. The number of Topliss-reactive ketones (excluding diaryl/α,β-unsaturated/α-hetero) is 1. The van der Waals surface area contributed by atoms with Gasteiger partial charge in [0.15, 0.2) is 12.4 Å². The van der Waals surface area contributed by atoms with Crippen molar-refractivity contribution in [3.05, 3.63) is 23.8 Å². The van der Waals surface area contributed by atoms with Crippen molar-refractivity contribution < 1.29 is 23.9 Å². The molecule has 0 saturated heterocycles. The summed E-state index contributed by atoms with van der Waals surface area (Å²) in [6.07, 6.45) is 4.07. The molecule has 1 aliphatic rings. The summed E-state index contributed by atoms with van der Waals surface area (Å²) in [4.78, 5) is 36.9. The van der Waals surface area contributed by atoms with Crippen LogP contribution in [0.5, 0.6) is 5.75 Å². The number of hydrogen-bond acceptors (Lipinski definition) is 5. The zero-order chi connectivity index (χ0) is 17.5. The zero-order valence-corrected chi connectivity index (χ0v) is 14.2. The number of carbonyl (C=O) groups excluding carboxylic acids is 3. The van der Waals surface area contributed by atoms with Gasteiger partial charge in [0.1, 0.15) is 12.3 Å². The van der Waals surface area contributed by atoms with Crippen molar-refractivity contribution in [2.75, 3.05) is 24.7 Å². The van der Waals surface area contributed by atoms with E-state index in [1.165, 1.54) is 11.8 Å². The molecular formula is C18H23NO5. The summed E-state index contributed by atoms with van der Waals surface area (Å²) in [6, 6.07) is 4.85. The number of carbonyl (C=O) groups is 3. The molecule has 0 spiro atoms. The third kappa shape index (κ3) is 4.57. The Morgan fingerprint density at radius 3 is 2.75 bits per heavy atom. The van der Waals surface area contributed by atoms with E-state index in [2.05, 4.69) is 6.92 Å². The minimum atomic E-state index is -0.457. The fraction of sp³-hybridized carbons (Fsp3) is 0.500. The molecule has 1 aliphatic heterocycles. The second kappa shape index (κ2) is 8.47. The van der Waals surface area contributed by atoms with Gasteiger partial charge in [0, 0.05) is 5.56 Å². The molecule has 0 N–H and O–H groups in total. The molecule has 24 heavy (non-hydrogen) atoms. The van der Waals surface area contributed by atoms with E-state index in [0.29, 0.717) is 23.6 Å². The summed E-state index contributed by atoms with van der Waals surface area (Å²) in [5.74, 6) is -0.420. The summed E-state index contributed by atoms with van der Waals surface area (Å²) in [6.45, 7) is 3.61. The Kier molecular flexibility index (Phi) is 6.35. The highest BCUT2D eigenvalue weighted by molar-refractivity contribution is 6.03. The highest BCUT2D eigenvalue weighted by atomic mass is 16.5. The Morgan fingerprint density at radius 1 is 1.25 bits per heavy atom. The van der Waals surface area contributed by atoms with Gasteiger partial charge in [-0.3, -0.25) is 19.3 Å². The molecule has 1 heterocycles. The predicted molar refractivity (Wildman–Crippen MR) is 89.4 cm³/mol. The van der Waals surface area contributed by atoms with Crippen LogP contribution in [-0.2, 0) is 14.3 Å². The normalized spacial score (nSPS) is 13.2. The van der Waals surface area contributed by atoms with Crippen LogP contribution in [0.3, 0.4) is 0 Å². The number of rotatable bonds is 8. The van der Waals surface area contributed by atoms with Crippen LogP contribution in [0.15, 0.2) is 18.2 Å². The van der Waals surface area contributed by atoms with Crippen LogP contribution in [-0.4, -0.2) is 37.4 Å². The standard InChI is InChI=1S/C18H23NO5/c1-3-4-5-6-9-23-18(22)11-19-15-10-14(13(2)20)7-8-16(15)24-12-17(19)21/h7-8,10H,3-6,9,11-12H2,1-2H3. The number of hydrogen-bond donors (Lipinski definition) is 0. The van der Waals surface area contributed by atoms with Gasteiger partial charge in [0.05, 0.1) is 12.3 Å². The monoisotopic (exact) mass is 333 g/mol. The Balaban J connectivity index is 2.02. The first-order valence-corrected chi connectivity index (χ1v) is 8.26. The number of anilines is 1. The maximum atomic E-state index is 12.1. The van der Waals surface area contributed by atoms with E-state index in [9.17, 15) is 14.4 Å². The maximum Gasteiger partial charge on any atom is 0.326 e. The second-order valence-electron chi connectivity index (χ2n) is 5.79. The molecule has 0 fully saturated rings. The highest BCUT2D eigenvalue weighted by Crippen LogP contribution is 2.33. The van der Waals surface area contributed by atoms with Crippen molar-refractivity contribution in [2.24, 2.45) is 0 Å². The molecule has 130 valence electrons. The van der Waals surface area contributed by atoms with E-state index in [-0.39, 0.29) is 24.8 Å². The molecule has 0 bridgehead atoms. The number of amides is 1. The molecule has 1 aromatic carbocycles. The molecule has 0 atom stereocenters. The number of ketones is 1. The van der Waals surface area contributed by atoms with Crippen molar-refractivity contribution in [3.8, 4) is 5.75 Å². The van der Waals surface area contributed by atoms with Crippen LogP contribution >= 0.6 is 0 Å². The Hall–Kier alpha value is -2.37. The number of unbranched alkanes of at least 4 members (excludes halogenated alkanes) is 3. The quantitative estimate of drug-likeness (QED) is 0.415. The lowest BCUT2D eigenvalue weighted by Crippen LogP contribution is -2.42. The van der Waals surface area contributed by atoms with E-state index in [1.807, 2.05) is 0 Å². The number of ether oxygens (including phenoxy) is 2. The molecule has 2 rings (SSSR count). The van der Waals surface area contributed by atoms with Crippen molar-refractivity contribution >= 4 is 23.3 Å². The number of esters is 1. The van der Waals surface area contributed by atoms with E-state index < -0.39 is 5.97 Å². The molecule has 1 aromatic rings. The molecule has 0 radical (unpaired) electrons. The lowest BCUT2D eigenvalue weighted by atomic mass is 10.1. The number of fused-ring (bicyclic) bond motifs is 1. The highest BCUT2D eigenvalue weighted by Gasteiger charge is 2.28. The molecule has 0 unspecified atom stereocenters. The van der Waals surface area contributed by atoms with Crippen molar-refractivity contribution in [3.63, 3.8) is 0 Å². The number of nitrogens with zero attached hydrogens (tertiary/aromatic N) is 1. The second-order valence-corrected chi connectivity index (χ2v) is 5.79. The van der Waals surface area contributed by atoms with Gasteiger partial charge in [0.2, 0.25) is 0 Å². The lowest BCUT2D eigenvalue weighted by Gasteiger charge is -2.28. The maximum absolute atomic E-state index is 12.1. The Bertz CT molecular complexity index is 626. The van der Waals surface area contributed by atoms with Crippen molar-refractivity contribution in [2.45, 2.75) is 39.5 Å². The topological polar surface area (TPSA) is 72.9 Å². The molecule has 0 saturated carbocycles. The van der Waals surface area contributed by atoms with E-state index in [4.69, 9.17) is 9.47 Å². The van der Waals surface area contributed by atoms with Gasteiger partial charge in [-0.25, -0.2) is 0 Å². The largest absolute Gasteiger partial charge is 0.482 e. The average Bonchev–Trinajstić information content (AvgIpc) is 2.56. The smallest absolute Gasteiger partial charge is 0.326 e. The molecule has 1 amide bonds. The van der Waals surface area contributed by atoms with Gasteiger partial charge in [-0.1, -0.05) is 26.2 Å². The van der Waals surface area contributed by atoms with E-state index in [1.54, 1.807) is 18.2 Å². The van der Waals surface area contributed by atoms with Crippen molar-refractivity contribution in [1.82, 2.24) is 0 Å². The summed E-state index contributed by atoms with van der Waals surface area (Å²) in [5, 5.41) is 0. The van der Waals surface area contributed by atoms with Crippen LogP contribution in [0.2, 0.25) is 0 Å². The Morgan fingerprint density at radius 2 is 2.04 bits per heavy atom. The fourth-order valence-electron chi connectivity index (χ4n) is 2.48. The summed E-state index contributed by atoms with van der Waals surface area (Å²) in [5.41, 5.74) is 0.895. The lowest BCUT2D eigenvalue weighted by molar-refractivity contribution is -0.143. The summed E-state index contributed by atoms with van der Waals surface area (Å²) >= 11 is 0. The van der Waals surface area contributed by atoms with Gasteiger partial charge in [-0.2, -0.15) is 0 Å². The fourth-order valence-corrected chi connectivity index (χ4v) is 2.48. The van der Waals surface area contributed by atoms with E-state index in [0.717, 1.165) is 25.7 Å². The average molecular weight is 333 g/mol. The zero-order valence-electron chi connectivity index (χ0n) is 14.2. The summed E-state index contributed by atoms with van der Waals surface area (Å²) in [7, 11) is 0. The minimum absolute atomic E-state index is 0.116. The van der Waals surface area contributed by atoms with Gasteiger partial charge >= 0.3 is 5.97 Å². The first-order valence-electron chi connectivity index (χ1n) is 8.26. The molecule has 6 nitrogen and oxygen atoms in total. The first kappa shape index (κ1) is 18.0. The third-order valence-corrected chi connectivity index (χ3v) is 3.86. The minimum Gasteiger partial charge on any atom is -0.482 e. The van der Waals surface area contributed by atoms with Gasteiger partial charge < -0.3 is 9.47 Å². The van der Waals surface area contributed by atoms with Gasteiger partial charge in [-0.05, 0) is 31.5 Å². The van der Waals surface area contributed by atoms with Crippen LogP contribution in [0, 0.1) is 0 Å². The van der Waals surface area contributed by atoms with Gasteiger partial charge in [-0.15, -0.1) is 0 Å². The van der Waals surface area contributed by atoms with Crippen LogP contribution < -0.4 is 9.64 Å². The molecule has 6 heteroatoms. The van der Waals surface area contributed by atoms with E-state index >= 15 is 0 Å². The Labute approximate surface area is 141 Å². The molecule has 0 aromatic heterocycles. The van der Waals surface area contributed by atoms with Crippen LogP contribution in [0.1, 0.15) is 49.9 Å². The first-order chi connectivity index (χ1) is 11.5. The summed E-state index contributed by atoms with van der Waals surface area (Å²) < 4.78 is 10.5. The molecular weight excluding hydrogens is 310 g/mol.